The Balaban J connectivity index is 0.00000261. The lowest BCUT2D eigenvalue weighted by molar-refractivity contribution is -0.124. The summed E-state index contributed by atoms with van der Waals surface area (Å²) in [5.74, 6) is 3.22. The SMILES string of the molecule is COc1ccccc1SC[C@@H](C)C(=O)N[C@@H]1COc2ccccc2SC1.S. The molecule has 0 spiro atoms. The van der Waals surface area contributed by atoms with E-state index in [2.05, 4.69) is 11.4 Å². The van der Waals surface area contributed by atoms with Crippen molar-refractivity contribution in [1.82, 2.24) is 5.32 Å². The first kappa shape index (κ1) is 21.9. The maximum absolute atomic E-state index is 12.6. The van der Waals surface area contributed by atoms with Gasteiger partial charge in [0.2, 0.25) is 5.91 Å². The molecule has 0 fully saturated rings. The number of hydrogen-bond acceptors (Lipinski definition) is 5. The highest BCUT2D eigenvalue weighted by Crippen LogP contribution is 2.32. The van der Waals surface area contributed by atoms with Crippen LogP contribution in [0.3, 0.4) is 0 Å². The van der Waals surface area contributed by atoms with Crippen LogP contribution in [0, 0.1) is 5.92 Å². The van der Waals surface area contributed by atoms with Gasteiger partial charge < -0.3 is 14.8 Å². The molecule has 0 aliphatic carbocycles. The van der Waals surface area contributed by atoms with E-state index in [1.807, 2.05) is 49.4 Å². The number of methoxy groups -OCH3 is 1. The molecule has 0 radical (unpaired) electrons. The van der Waals surface area contributed by atoms with E-state index in [0.717, 1.165) is 27.0 Å². The molecule has 1 aliphatic rings. The van der Waals surface area contributed by atoms with E-state index in [1.165, 1.54) is 0 Å². The molecule has 0 aromatic heterocycles. The third-order valence-corrected chi connectivity index (χ3v) is 6.61. The van der Waals surface area contributed by atoms with Gasteiger partial charge in [-0.25, -0.2) is 0 Å². The zero-order valence-electron chi connectivity index (χ0n) is 15.4. The fourth-order valence-corrected chi connectivity index (χ4v) is 4.63. The van der Waals surface area contributed by atoms with Crippen LogP contribution in [0.15, 0.2) is 58.3 Å². The summed E-state index contributed by atoms with van der Waals surface area (Å²) in [6.45, 7) is 2.46. The molecule has 0 saturated carbocycles. The fraction of sp³-hybridized carbons (Fsp3) is 0.350. The van der Waals surface area contributed by atoms with Gasteiger partial charge in [0.05, 0.1) is 13.2 Å². The summed E-state index contributed by atoms with van der Waals surface area (Å²) in [5, 5.41) is 3.13. The Hall–Kier alpha value is -1.44. The molecule has 2 aromatic rings. The highest BCUT2D eigenvalue weighted by Gasteiger charge is 2.22. The molecule has 146 valence electrons. The molecule has 27 heavy (non-hydrogen) atoms. The van der Waals surface area contributed by atoms with E-state index in [1.54, 1.807) is 30.6 Å². The van der Waals surface area contributed by atoms with E-state index in [9.17, 15) is 4.79 Å². The van der Waals surface area contributed by atoms with Gasteiger partial charge in [0, 0.05) is 27.2 Å². The molecule has 0 bridgehead atoms. The number of ether oxygens (including phenoxy) is 2. The smallest absolute Gasteiger partial charge is 0.224 e. The van der Waals surface area contributed by atoms with Crippen molar-refractivity contribution >= 4 is 42.9 Å². The highest BCUT2D eigenvalue weighted by molar-refractivity contribution is 7.99. The number of carbonyl (C=O) groups excluding carboxylic acids is 1. The topological polar surface area (TPSA) is 47.6 Å². The van der Waals surface area contributed by atoms with Gasteiger partial charge in [0.15, 0.2) is 0 Å². The maximum atomic E-state index is 12.6. The first-order chi connectivity index (χ1) is 12.7. The summed E-state index contributed by atoms with van der Waals surface area (Å²) in [4.78, 5) is 14.7. The Morgan fingerprint density at radius 2 is 2.04 bits per heavy atom. The third kappa shape index (κ3) is 6.02. The van der Waals surface area contributed by atoms with Crippen molar-refractivity contribution in [1.29, 1.82) is 0 Å². The van der Waals surface area contributed by atoms with Crippen molar-refractivity contribution in [2.45, 2.75) is 22.8 Å². The van der Waals surface area contributed by atoms with Crippen LogP contribution in [0.4, 0.5) is 0 Å². The van der Waals surface area contributed by atoms with Gasteiger partial charge in [0.1, 0.15) is 18.1 Å². The summed E-state index contributed by atoms with van der Waals surface area (Å²) in [5.41, 5.74) is 0. The number of thioether (sulfide) groups is 2. The number of amides is 1. The fourth-order valence-electron chi connectivity index (χ4n) is 2.57. The van der Waals surface area contributed by atoms with Gasteiger partial charge in [-0.15, -0.1) is 23.5 Å². The number of nitrogens with one attached hydrogen (secondary N) is 1. The van der Waals surface area contributed by atoms with Crippen molar-refractivity contribution in [3.05, 3.63) is 48.5 Å². The van der Waals surface area contributed by atoms with E-state index in [4.69, 9.17) is 9.47 Å². The Labute approximate surface area is 176 Å². The number of benzene rings is 2. The lowest BCUT2D eigenvalue weighted by Gasteiger charge is -2.19. The Morgan fingerprint density at radius 1 is 1.30 bits per heavy atom. The lowest BCUT2D eigenvalue weighted by Crippen LogP contribution is -2.43. The maximum Gasteiger partial charge on any atom is 0.224 e. The van der Waals surface area contributed by atoms with Crippen LogP contribution in [0.1, 0.15) is 6.92 Å². The summed E-state index contributed by atoms with van der Waals surface area (Å²) >= 11 is 3.37. The van der Waals surface area contributed by atoms with Gasteiger partial charge in [-0.05, 0) is 24.3 Å². The van der Waals surface area contributed by atoms with Crippen molar-refractivity contribution in [3.63, 3.8) is 0 Å². The van der Waals surface area contributed by atoms with E-state index in [-0.39, 0.29) is 31.4 Å². The molecule has 2 atom stereocenters. The quantitative estimate of drug-likeness (QED) is 0.706. The van der Waals surface area contributed by atoms with E-state index >= 15 is 0 Å². The highest BCUT2D eigenvalue weighted by atomic mass is 32.2. The largest absolute Gasteiger partial charge is 0.496 e. The van der Waals surface area contributed by atoms with Gasteiger partial charge in [0.25, 0.3) is 0 Å². The molecule has 1 aliphatic heterocycles. The molecule has 4 nitrogen and oxygen atoms in total. The molecule has 3 rings (SSSR count). The lowest BCUT2D eigenvalue weighted by atomic mass is 10.2. The van der Waals surface area contributed by atoms with Crippen LogP contribution in [-0.4, -0.2) is 37.2 Å². The van der Waals surface area contributed by atoms with Crippen molar-refractivity contribution in [2.75, 3.05) is 25.2 Å². The number of carbonyl (C=O) groups is 1. The first-order valence-electron chi connectivity index (χ1n) is 8.58. The number of hydrogen-bond donors (Lipinski definition) is 1. The Morgan fingerprint density at radius 3 is 2.85 bits per heavy atom. The standard InChI is InChI=1S/C20H23NO3S2.H2S/c1-14(12-25-18-9-5-3-7-16(18)23-2)20(22)21-15-11-24-17-8-4-6-10-19(17)26-13-15;/h3-10,14-15H,11-13H2,1-2H3,(H,21,22);1H2/t14-,15-;/m1./s1. The normalized spacial score (nSPS) is 16.7. The van der Waals surface area contributed by atoms with Crippen LogP contribution in [-0.2, 0) is 4.79 Å². The van der Waals surface area contributed by atoms with Gasteiger partial charge in [-0.1, -0.05) is 31.2 Å². The minimum absolute atomic E-state index is 0. The van der Waals surface area contributed by atoms with E-state index < -0.39 is 0 Å². The number of para-hydroxylation sites is 2. The average molecular weight is 424 g/mol. The second-order valence-electron chi connectivity index (χ2n) is 6.14. The second kappa shape index (κ2) is 10.8. The number of rotatable bonds is 6. The zero-order chi connectivity index (χ0) is 18.4. The molecule has 1 N–H and O–H groups in total. The summed E-state index contributed by atoms with van der Waals surface area (Å²) in [7, 11) is 1.66. The monoisotopic (exact) mass is 423 g/mol. The summed E-state index contributed by atoms with van der Waals surface area (Å²) in [6, 6.07) is 15.9. The van der Waals surface area contributed by atoms with Crippen molar-refractivity contribution in [2.24, 2.45) is 5.92 Å². The predicted molar refractivity (Wildman–Crippen MR) is 118 cm³/mol. The molecule has 0 saturated heterocycles. The van der Waals surface area contributed by atoms with Crippen molar-refractivity contribution < 1.29 is 14.3 Å². The molecule has 0 unspecified atom stereocenters. The third-order valence-electron chi connectivity index (χ3n) is 4.08. The van der Waals surface area contributed by atoms with Gasteiger partial charge in [-0.2, -0.15) is 13.5 Å². The molecular formula is C20H25NO3S3. The van der Waals surface area contributed by atoms with E-state index in [0.29, 0.717) is 12.4 Å². The molecule has 1 amide bonds. The second-order valence-corrected chi connectivity index (χ2v) is 8.26. The zero-order valence-corrected chi connectivity index (χ0v) is 18.1. The van der Waals surface area contributed by atoms with Crippen LogP contribution >= 0.6 is 37.0 Å². The van der Waals surface area contributed by atoms with Gasteiger partial charge >= 0.3 is 0 Å². The van der Waals surface area contributed by atoms with Crippen LogP contribution in [0.5, 0.6) is 11.5 Å². The first-order valence-corrected chi connectivity index (χ1v) is 10.6. The summed E-state index contributed by atoms with van der Waals surface area (Å²) < 4.78 is 11.2. The molecular weight excluding hydrogens is 398 g/mol. The minimum Gasteiger partial charge on any atom is -0.496 e. The molecule has 1 heterocycles. The van der Waals surface area contributed by atoms with Crippen molar-refractivity contribution in [3.8, 4) is 11.5 Å². The Kier molecular flexibility index (Phi) is 8.73. The number of fused-ring (bicyclic) bond motifs is 1. The van der Waals surface area contributed by atoms with Gasteiger partial charge in [-0.3, -0.25) is 4.79 Å². The average Bonchev–Trinajstić information content (AvgIpc) is 2.89. The molecule has 2 aromatic carbocycles. The van der Waals surface area contributed by atoms with Crippen LogP contribution in [0.25, 0.3) is 0 Å². The Bertz CT molecular complexity index is 730. The summed E-state index contributed by atoms with van der Waals surface area (Å²) in [6.07, 6.45) is 0. The minimum atomic E-state index is -0.0967. The predicted octanol–water partition coefficient (Wildman–Crippen LogP) is 4.21. The van der Waals surface area contributed by atoms with Crippen LogP contribution in [0.2, 0.25) is 0 Å². The van der Waals surface area contributed by atoms with Crippen LogP contribution < -0.4 is 14.8 Å². The molecule has 7 heteroatoms.